The van der Waals surface area contributed by atoms with E-state index in [1.165, 1.54) is 17.0 Å². The fourth-order valence-electron chi connectivity index (χ4n) is 4.13. The second-order valence-corrected chi connectivity index (χ2v) is 8.95. The molecule has 1 N–H and O–H groups in total. The Morgan fingerprint density at radius 1 is 1.18 bits per heavy atom. The van der Waals surface area contributed by atoms with Gasteiger partial charge in [-0.2, -0.15) is 0 Å². The summed E-state index contributed by atoms with van der Waals surface area (Å²) in [6.07, 6.45) is 0. The number of hydrogen-bond donors (Lipinski definition) is 1. The zero-order valence-corrected chi connectivity index (χ0v) is 19.4. The lowest BCUT2D eigenvalue weighted by Crippen LogP contribution is -2.29. The number of esters is 1. The number of aromatic nitrogens is 1. The van der Waals surface area contributed by atoms with Gasteiger partial charge in [-0.1, -0.05) is 35.1 Å². The standard InChI is InChI=1S/C25H20N2O6S/c1-4-32-24(31)22-13(3)26-25(34-22)27-19(14-6-8-15(28)9-7-14)18-20(29)16-11-12(2)5-10-17(16)33-21(18)23(27)30/h5-11,19,28H,4H2,1-3H3/t19-/m1/s1. The van der Waals surface area contributed by atoms with Gasteiger partial charge in [-0.25, -0.2) is 9.78 Å². The molecule has 0 fully saturated rings. The second-order valence-electron chi connectivity index (χ2n) is 7.97. The van der Waals surface area contributed by atoms with Gasteiger partial charge < -0.3 is 14.3 Å². The number of rotatable bonds is 4. The summed E-state index contributed by atoms with van der Waals surface area (Å²) in [7, 11) is 0. The SMILES string of the molecule is CCOC(=O)c1sc(N2C(=O)c3oc4ccc(C)cc4c(=O)c3[C@H]2c2ccc(O)cc2)nc1C. The fraction of sp³-hybridized carbons (Fsp3) is 0.200. The van der Waals surface area contributed by atoms with Crippen LogP contribution in [0.1, 0.15) is 55.6 Å². The molecule has 8 nitrogen and oxygen atoms in total. The van der Waals surface area contributed by atoms with Crippen LogP contribution in [0.4, 0.5) is 5.13 Å². The average Bonchev–Trinajstić information content (AvgIpc) is 3.33. The molecule has 0 saturated carbocycles. The van der Waals surface area contributed by atoms with E-state index in [2.05, 4.69) is 4.98 Å². The van der Waals surface area contributed by atoms with E-state index in [0.29, 0.717) is 22.2 Å². The summed E-state index contributed by atoms with van der Waals surface area (Å²) in [6, 6.07) is 10.6. The van der Waals surface area contributed by atoms with Crippen molar-refractivity contribution in [1.29, 1.82) is 0 Å². The number of amides is 1. The Balaban J connectivity index is 1.75. The van der Waals surface area contributed by atoms with Crippen LogP contribution in [0.25, 0.3) is 11.0 Å². The number of carbonyl (C=O) groups excluding carboxylic acids is 2. The van der Waals surface area contributed by atoms with Crippen LogP contribution in [0.5, 0.6) is 5.75 Å². The summed E-state index contributed by atoms with van der Waals surface area (Å²) in [5.74, 6) is -1.07. The highest BCUT2D eigenvalue weighted by Crippen LogP contribution is 2.43. The van der Waals surface area contributed by atoms with E-state index in [1.807, 2.05) is 13.0 Å². The summed E-state index contributed by atoms with van der Waals surface area (Å²) in [6.45, 7) is 5.45. The van der Waals surface area contributed by atoms with Crippen molar-refractivity contribution in [1.82, 2.24) is 4.98 Å². The lowest BCUT2D eigenvalue weighted by atomic mass is 9.98. The van der Waals surface area contributed by atoms with Crippen molar-refractivity contribution in [2.75, 3.05) is 11.5 Å². The van der Waals surface area contributed by atoms with Crippen LogP contribution in [0.3, 0.4) is 0 Å². The van der Waals surface area contributed by atoms with E-state index in [-0.39, 0.29) is 39.1 Å². The zero-order chi connectivity index (χ0) is 24.1. The van der Waals surface area contributed by atoms with Gasteiger partial charge in [-0.05, 0) is 50.6 Å². The van der Waals surface area contributed by atoms with Crippen molar-refractivity contribution in [3.05, 3.63) is 85.7 Å². The highest BCUT2D eigenvalue weighted by Gasteiger charge is 2.45. The highest BCUT2D eigenvalue weighted by molar-refractivity contribution is 7.17. The van der Waals surface area contributed by atoms with Gasteiger partial charge in [0.1, 0.15) is 16.2 Å². The van der Waals surface area contributed by atoms with Crippen molar-refractivity contribution in [3.63, 3.8) is 0 Å². The van der Waals surface area contributed by atoms with Crippen LogP contribution in [-0.2, 0) is 4.74 Å². The molecule has 2 aromatic carbocycles. The Labute approximate surface area is 198 Å². The first-order chi connectivity index (χ1) is 16.3. The van der Waals surface area contributed by atoms with Crippen molar-refractivity contribution < 1.29 is 23.8 Å². The molecule has 0 spiro atoms. The summed E-state index contributed by atoms with van der Waals surface area (Å²) in [5.41, 5.74) is 2.10. The average molecular weight is 477 g/mol. The molecule has 0 unspecified atom stereocenters. The monoisotopic (exact) mass is 476 g/mol. The number of aryl methyl sites for hydroxylation is 2. The van der Waals surface area contributed by atoms with Crippen LogP contribution in [0.2, 0.25) is 0 Å². The van der Waals surface area contributed by atoms with E-state index in [4.69, 9.17) is 9.15 Å². The summed E-state index contributed by atoms with van der Waals surface area (Å²) >= 11 is 1.02. The predicted molar refractivity (Wildman–Crippen MR) is 127 cm³/mol. The van der Waals surface area contributed by atoms with Crippen LogP contribution in [0.15, 0.2) is 51.7 Å². The molecular formula is C25H20N2O6S. The third kappa shape index (κ3) is 3.36. The van der Waals surface area contributed by atoms with Gasteiger partial charge in [0.25, 0.3) is 5.91 Å². The Hall–Kier alpha value is -3.98. The summed E-state index contributed by atoms with van der Waals surface area (Å²) in [4.78, 5) is 45.7. The van der Waals surface area contributed by atoms with Crippen LogP contribution >= 0.6 is 11.3 Å². The minimum absolute atomic E-state index is 0.0516. The smallest absolute Gasteiger partial charge is 0.350 e. The third-order valence-electron chi connectivity index (χ3n) is 5.69. The van der Waals surface area contributed by atoms with Gasteiger partial charge in [0.2, 0.25) is 5.76 Å². The maximum atomic E-state index is 13.6. The zero-order valence-electron chi connectivity index (χ0n) is 18.6. The minimum atomic E-state index is -0.843. The van der Waals surface area contributed by atoms with E-state index in [9.17, 15) is 19.5 Å². The van der Waals surface area contributed by atoms with Gasteiger partial charge in [0, 0.05) is 0 Å². The molecule has 0 bridgehead atoms. The van der Waals surface area contributed by atoms with Crippen molar-refractivity contribution >= 4 is 39.3 Å². The molecule has 34 heavy (non-hydrogen) atoms. The van der Waals surface area contributed by atoms with Gasteiger partial charge >= 0.3 is 5.97 Å². The molecule has 0 radical (unpaired) electrons. The number of fused-ring (bicyclic) bond motifs is 2. The number of hydrogen-bond acceptors (Lipinski definition) is 8. The van der Waals surface area contributed by atoms with Crippen molar-refractivity contribution in [2.45, 2.75) is 26.8 Å². The minimum Gasteiger partial charge on any atom is -0.508 e. The van der Waals surface area contributed by atoms with Gasteiger partial charge in [0.15, 0.2) is 10.6 Å². The van der Waals surface area contributed by atoms with Crippen molar-refractivity contribution in [2.24, 2.45) is 0 Å². The Bertz CT molecular complexity index is 1520. The first-order valence-electron chi connectivity index (χ1n) is 10.6. The quantitative estimate of drug-likeness (QED) is 0.432. The highest BCUT2D eigenvalue weighted by atomic mass is 32.1. The van der Waals surface area contributed by atoms with E-state index >= 15 is 0 Å². The molecule has 4 aromatic rings. The van der Waals surface area contributed by atoms with Crippen LogP contribution < -0.4 is 10.3 Å². The third-order valence-corrected chi connectivity index (χ3v) is 6.82. The molecule has 172 valence electrons. The Morgan fingerprint density at radius 3 is 2.62 bits per heavy atom. The molecule has 1 atom stereocenters. The molecule has 1 aliphatic heterocycles. The van der Waals surface area contributed by atoms with Crippen LogP contribution in [-0.4, -0.2) is 28.6 Å². The maximum Gasteiger partial charge on any atom is 0.350 e. The maximum absolute atomic E-state index is 13.6. The number of phenols is 1. The van der Waals surface area contributed by atoms with Crippen LogP contribution in [0, 0.1) is 13.8 Å². The molecular weight excluding hydrogens is 456 g/mol. The Kier molecular flexibility index (Phi) is 5.21. The predicted octanol–water partition coefficient (Wildman–Crippen LogP) is 4.50. The number of anilines is 1. The lowest BCUT2D eigenvalue weighted by Gasteiger charge is -2.22. The molecule has 0 aliphatic carbocycles. The molecule has 2 aromatic heterocycles. The van der Waals surface area contributed by atoms with Crippen molar-refractivity contribution in [3.8, 4) is 5.75 Å². The molecule has 9 heteroatoms. The van der Waals surface area contributed by atoms with Gasteiger partial charge in [-0.3, -0.25) is 14.5 Å². The normalized spacial score (nSPS) is 15.1. The molecule has 0 saturated heterocycles. The molecule has 3 heterocycles. The summed E-state index contributed by atoms with van der Waals surface area (Å²) in [5, 5.41) is 10.4. The van der Waals surface area contributed by atoms with E-state index in [0.717, 1.165) is 16.9 Å². The number of ether oxygens (including phenoxy) is 1. The number of thiazole rings is 1. The molecule has 5 rings (SSSR count). The van der Waals surface area contributed by atoms with E-state index in [1.54, 1.807) is 38.1 Å². The lowest BCUT2D eigenvalue weighted by molar-refractivity contribution is 0.0531. The molecule has 1 amide bonds. The van der Waals surface area contributed by atoms with E-state index < -0.39 is 17.9 Å². The largest absolute Gasteiger partial charge is 0.508 e. The number of aromatic hydroxyl groups is 1. The number of phenolic OH excluding ortho intramolecular Hbond substituents is 1. The van der Waals surface area contributed by atoms with Gasteiger partial charge in [0.05, 0.1) is 29.3 Å². The number of benzene rings is 2. The summed E-state index contributed by atoms with van der Waals surface area (Å²) < 4.78 is 11.1. The Morgan fingerprint density at radius 2 is 1.91 bits per heavy atom. The number of carbonyl (C=O) groups is 2. The topological polar surface area (TPSA) is 110 Å². The first kappa shape index (κ1) is 21.8. The first-order valence-corrected chi connectivity index (χ1v) is 11.5. The second kappa shape index (κ2) is 8.11. The fourth-order valence-corrected chi connectivity index (χ4v) is 5.11. The molecule has 1 aliphatic rings. The van der Waals surface area contributed by atoms with Gasteiger partial charge in [-0.15, -0.1) is 0 Å². The number of nitrogens with zero attached hydrogens (tertiary/aromatic N) is 2.